The first-order chi connectivity index (χ1) is 10.3. The molecule has 1 atom stereocenters. The molecule has 1 N–H and O–H groups in total. The van der Waals surface area contributed by atoms with Crippen LogP contribution in [-0.4, -0.2) is 44.2 Å². The van der Waals surface area contributed by atoms with Crippen LogP contribution in [0.25, 0.3) is 0 Å². The lowest BCUT2D eigenvalue weighted by Crippen LogP contribution is -2.52. The van der Waals surface area contributed by atoms with Crippen LogP contribution >= 0.6 is 0 Å². The summed E-state index contributed by atoms with van der Waals surface area (Å²) < 4.78 is 31.3. The Labute approximate surface area is 130 Å². The van der Waals surface area contributed by atoms with Gasteiger partial charge in [-0.15, -0.1) is 0 Å². The summed E-state index contributed by atoms with van der Waals surface area (Å²) >= 11 is 0. The van der Waals surface area contributed by atoms with Crippen LogP contribution in [0.3, 0.4) is 0 Å². The number of anilines is 1. The van der Waals surface area contributed by atoms with Crippen molar-refractivity contribution in [3.05, 3.63) is 23.8 Å². The number of benzene rings is 1. The highest BCUT2D eigenvalue weighted by atomic mass is 32.2. The quantitative estimate of drug-likeness (QED) is 0.891. The van der Waals surface area contributed by atoms with Crippen molar-refractivity contribution >= 4 is 21.6 Å². The van der Waals surface area contributed by atoms with E-state index in [9.17, 15) is 13.2 Å². The molecule has 1 aromatic rings. The normalized spacial score (nSPS) is 24.0. The number of carbonyl (C=O) groups is 1. The van der Waals surface area contributed by atoms with E-state index in [4.69, 9.17) is 4.74 Å². The van der Waals surface area contributed by atoms with Crippen LogP contribution in [0.1, 0.15) is 25.3 Å². The highest BCUT2D eigenvalue weighted by molar-refractivity contribution is 7.92. The Morgan fingerprint density at radius 3 is 2.86 bits per heavy atom. The smallest absolute Gasteiger partial charge is 0.229 e. The SMILES string of the molecule is CC(=O)N1CCCC2(Cc3cc(NS(C)(=O)=O)ccc3O2)C1. The van der Waals surface area contributed by atoms with E-state index >= 15 is 0 Å². The number of nitrogens with one attached hydrogen (secondary N) is 1. The number of sulfonamides is 1. The van der Waals surface area contributed by atoms with Crippen LogP contribution < -0.4 is 9.46 Å². The topological polar surface area (TPSA) is 75.7 Å². The third kappa shape index (κ3) is 3.04. The molecule has 0 radical (unpaired) electrons. The van der Waals surface area contributed by atoms with Gasteiger partial charge in [0.2, 0.25) is 15.9 Å². The average molecular weight is 324 g/mol. The maximum absolute atomic E-state index is 11.6. The number of piperidine rings is 1. The predicted molar refractivity (Wildman–Crippen MR) is 83.5 cm³/mol. The molecule has 0 aliphatic carbocycles. The summed E-state index contributed by atoms with van der Waals surface area (Å²) in [5.74, 6) is 0.850. The summed E-state index contributed by atoms with van der Waals surface area (Å²) in [6.07, 6.45) is 3.65. The zero-order valence-corrected chi connectivity index (χ0v) is 13.6. The van der Waals surface area contributed by atoms with Crippen LogP contribution in [0, 0.1) is 0 Å². The number of nitrogens with zero attached hydrogens (tertiary/aromatic N) is 1. The lowest BCUT2D eigenvalue weighted by atomic mass is 9.88. The molecule has 1 fully saturated rings. The van der Waals surface area contributed by atoms with Crippen molar-refractivity contribution in [3.8, 4) is 5.75 Å². The number of amides is 1. The van der Waals surface area contributed by atoms with Gasteiger partial charge in [-0.25, -0.2) is 8.42 Å². The maximum Gasteiger partial charge on any atom is 0.229 e. The number of hydrogen-bond acceptors (Lipinski definition) is 4. The summed E-state index contributed by atoms with van der Waals surface area (Å²) in [4.78, 5) is 13.4. The Kier molecular flexibility index (Phi) is 3.55. The van der Waals surface area contributed by atoms with Crippen LogP contribution in [0.2, 0.25) is 0 Å². The molecule has 2 aliphatic rings. The molecule has 3 rings (SSSR count). The third-order valence-electron chi connectivity index (χ3n) is 4.19. The summed E-state index contributed by atoms with van der Waals surface area (Å²) in [5, 5.41) is 0. The van der Waals surface area contributed by atoms with Gasteiger partial charge in [0.25, 0.3) is 0 Å². The second-order valence-electron chi connectivity index (χ2n) is 6.20. The number of carbonyl (C=O) groups excluding carboxylic acids is 1. The Morgan fingerprint density at radius 2 is 2.18 bits per heavy atom. The number of hydrogen-bond donors (Lipinski definition) is 1. The van der Waals surface area contributed by atoms with E-state index in [1.165, 1.54) is 0 Å². The molecule has 1 saturated heterocycles. The number of likely N-dealkylation sites (tertiary alicyclic amines) is 1. The Hall–Kier alpha value is -1.76. The first kappa shape index (κ1) is 15.1. The number of ether oxygens (including phenoxy) is 1. The van der Waals surface area contributed by atoms with Gasteiger partial charge in [0.15, 0.2) is 0 Å². The Morgan fingerprint density at radius 1 is 1.41 bits per heavy atom. The zero-order valence-electron chi connectivity index (χ0n) is 12.8. The molecular formula is C15H20N2O4S. The fraction of sp³-hybridized carbons (Fsp3) is 0.533. The lowest BCUT2D eigenvalue weighted by molar-refractivity contribution is -0.134. The van der Waals surface area contributed by atoms with Crippen LogP contribution in [0.15, 0.2) is 18.2 Å². The first-order valence-electron chi connectivity index (χ1n) is 7.32. The van der Waals surface area contributed by atoms with E-state index in [2.05, 4.69) is 4.72 Å². The highest BCUT2D eigenvalue weighted by Crippen LogP contribution is 2.41. The van der Waals surface area contributed by atoms with Crippen molar-refractivity contribution < 1.29 is 17.9 Å². The van der Waals surface area contributed by atoms with Gasteiger partial charge in [0.05, 0.1) is 12.8 Å². The molecule has 1 aromatic carbocycles. The van der Waals surface area contributed by atoms with Crippen molar-refractivity contribution in [1.29, 1.82) is 0 Å². The molecule has 120 valence electrons. The van der Waals surface area contributed by atoms with E-state index in [1.54, 1.807) is 19.1 Å². The maximum atomic E-state index is 11.6. The standard InChI is InChI=1S/C15H20N2O4S/c1-11(18)17-7-3-6-15(10-17)9-12-8-13(16-22(2,19)20)4-5-14(12)21-15/h4-5,8,16H,3,6-7,9-10H2,1-2H3. The van der Waals surface area contributed by atoms with Gasteiger partial charge in [-0.05, 0) is 31.0 Å². The van der Waals surface area contributed by atoms with Crippen LogP contribution in [0.5, 0.6) is 5.75 Å². The van der Waals surface area contributed by atoms with Crippen molar-refractivity contribution in [1.82, 2.24) is 4.90 Å². The van der Waals surface area contributed by atoms with E-state index in [0.717, 1.165) is 37.0 Å². The fourth-order valence-electron chi connectivity index (χ4n) is 3.31. The van der Waals surface area contributed by atoms with Gasteiger partial charge in [0.1, 0.15) is 11.4 Å². The molecule has 0 saturated carbocycles. The summed E-state index contributed by atoms with van der Waals surface area (Å²) in [5.41, 5.74) is 1.16. The van der Waals surface area contributed by atoms with Crippen LogP contribution in [-0.2, 0) is 21.2 Å². The fourth-order valence-corrected chi connectivity index (χ4v) is 3.86. The molecule has 1 amide bonds. The van der Waals surface area contributed by atoms with Crippen molar-refractivity contribution in [2.24, 2.45) is 0 Å². The lowest BCUT2D eigenvalue weighted by Gasteiger charge is -2.39. The molecule has 2 heterocycles. The molecule has 6 nitrogen and oxygen atoms in total. The van der Waals surface area contributed by atoms with E-state index in [1.807, 2.05) is 11.0 Å². The third-order valence-corrected chi connectivity index (χ3v) is 4.79. The van der Waals surface area contributed by atoms with Gasteiger partial charge in [-0.3, -0.25) is 9.52 Å². The first-order valence-corrected chi connectivity index (χ1v) is 9.21. The molecule has 0 aromatic heterocycles. The van der Waals surface area contributed by atoms with Crippen molar-refractivity contribution in [2.45, 2.75) is 31.8 Å². The summed E-state index contributed by atoms with van der Waals surface area (Å²) in [7, 11) is -3.29. The summed E-state index contributed by atoms with van der Waals surface area (Å²) in [6.45, 7) is 2.94. The van der Waals surface area contributed by atoms with Gasteiger partial charge < -0.3 is 9.64 Å². The summed E-state index contributed by atoms with van der Waals surface area (Å²) in [6, 6.07) is 5.31. The minimum absolute atomic E-state index is 0.0677. The molecule has 1 unspecified atom stereocenters. The van der Waals surface area contributed by atoms with Gasteiger partial charge in [-0.1, -0.05) is 0 Å². The van der Waals surface area contributed by atoms with Gasteiger partial charge in [-0.2, -0.15) is 0 Å². The van der Waals surface area contributed by atoms with E-state index < -0.39 is 10.0 Å². The second kappa shape index (κ2) is 5.15. The van der Waals surface area contributed by atoms with Crippen LogP contribution in [0.4, 0.5) is 5.69 Å². The van der Waals surface area contributed by atoms with Gasteiger partial charge >= 0.3 is 0 Å². The van der Waals surface area contributed by atoms with Crippen molar-refractivity contribution in [2.75, 3.05) is 24.1 Å². The second-order valence-corrected chi connectivity index (χ2v) is 7.95. The van der Waals surface area contributed by atoms with E-state index in [-0.39, 0.29) is 11.5 Å². The largest absolute Gasteiger partial charge is 0.485 e. The zero-order chi connectivity index (χ0) is 16.0. The average Bonchev–Trinajstić information content (AvgIpc) is 2.73. The predicted octanol–water partition coefficient (Wildman–Crippen LogP) is 1.37. The Balaban J connectivity index is 1.81. The molecular weight excluding hydrogens is 304 g/mol. The minimum atomic E-state index is -3.29. The Bertz CT molecular complexity index is 716. The molecule has 7 heteroatoms. The monoisotopic (exact) mass is 324 g/mol. The van der Waals surface area contributed by atoms with Gasteiger partial charge in [0, 0.05) is 31.1 Å². The molecule has 0 bridgehead atoms. The van der Waals surface area contributed by atoms with Crippen molar-refractivity contribution in [3.63, 3.8) is 0 Å². The number of fused-ring (bicyclic) bond motifs is 1. The molecule has 2 aliphatic heterocycles. The number of rotatable bonds is 2. The van der Waals surface area contributed by atoms with E-state index in [0.29, 0.717) is 18.7 Å². The molecule has 22 heavy (non-hydrogen) atoms. The molecule has 1 spiro atoms. The highest BCUT2D eigenvalue weighted by Gasteiger charge is 2.43. The minimum Gasteiger partial charge on any atom is -0.485 e.